The molecular weight excluding hydrogens is 330 g/mol. The van der Waals surface area contributed by atoms with Crippen molar-refractivity contribution < 1.29 is 0 Å². The van der Waals surface area contributed by atoms with E-state index in [9.17, 15) is 0 Å². The molecule has 0 aliphatic rings. The molecule has 0 saturated heterocycles. The predicted octanol–water partition coefficient (Wildman–Crippen LogP) is 5.48. The third-order valence-corrected chi connectivity index (χ3v) is 4.85. The maximum Gasteiger partial charge on any atom is 0.0453 e. The lowest BCUT2D eigenvalue weighted by Crippen LogP contribution is -1.89. The van der Waals surface area contributed by atoms with Gasteiger partial charge >= 0.3 is 0 Å². The molecule has 0 bridgehead atoms. The van der Waals surface area contributed by atoms with Crippen LogP contribution in [0.2, 0.25) is 0 Å². The molecule has 0 unspecified atom stereocenters. The summed E-state index contributed by atoms with van der Waals surface area (Å²) < 4.78 is 1.06. The van der Waals surface area contributed by atoms with Crippen LogP contribution in [0.3, 0.4) is 0 Å². The molecule has 0 amide bonds. The maximum atomic E-state index is 6.02. The van der Waals surface area contributed by atoms with Crippen molar-refractivity contribution in [1.29, 1.82) is 0 Å². The van der Waals surface area contributed by atoms with Gasteiger partial charge in [-0.15, -0.1) is 11.8 Å². The molecule has 0 aliphatic heterocycles. The minimum absolute atomic E-state index is 0.832. The van der Waals surface area contributed by atoms with Crippen molar-refractivity contribution in [3.63, 3.8) is 0 Å². The lowest BCUT2D eigenvalue weighted by Gasteiger charge is -2.08. The summed E-state index contributed by atoms with van der Waals surface area (Å²) in [6.07, 6.45) is 0. The molecule has 1 nitrogen and oxygen atoms in total. The highest BCUT2D eigenvalue weighted by atomic mass is 79.9. The second kappa shape index (κ2) is 5.90. The van der Waals surface area contributed by atoms with E-state index in [1.807, 2.05) is 12.1 Å². The fourth-order valence-corrected chi connectivity index (χ4v) is 3.73. The molecular formula is C17H14BrNS. The Morgan fingerprint density at radius 1 is 0.950 bits per heavy atom. The van der Waals surface area contributed by atoms with E-state index in [1.54, 1.807) is 11.8 Å². The number of thioether (sulfide) groups is 1. The van der Waals surface area contributed by atoms with Gasteiger partial charge in [-0.1, -0.05) is 58.4 Å². The van der Waals surface area contributed by atoms with Gasteiger partial charge in [-0.25, -0.2) is 0 Å². The SMILES string of the molecule is Nc1ccc(Br)cc1SCc1cccc2ccccc12. The maximum absolute atomic E-state index is 6.02. The number of halogens is 1. The minimum Gasteiger partial charge on any atom is -0.398 e. The van der Waals surface area contributed by atoms with E-state index in [4.69, 9.17) is 5.73 Å². The summed E-state index contributed by atoms with van der Waals surface area (Å²) in [6, 6.07) is 20.9. The van der Waals surface area contributed by atoms with Crippen LogP contribution in [0.25, 0.3) is 10.8 Å². The fraction of sp³-hybridized carbons (Fsp3) is 0.0588. The summed E-state index contributed by atoms with van der Waals surface area (Å²) in [6.45, 7) is 0. The van der Waals surface area contributed by atoms with Crippen LogP contribution in [0.4, 0.5) is 5.69 Å². The average molecular weight is 344 g/mol. The molecule has 100 valence electrons. The third kappa shape index (κ3) is 2.84. The second-order valence-corrected chi connectivity index (χ2v) is 6.54. The van der Waals surface area contributed by atoms with Crippen LogP contribution in [0.15, 0.2) is 70.0 Å². The molecule has 0 aromatic heterocycles. The number of hydrogen-bond donors (Lipinski definition) is 1. The number of nitrogens with two attached hydrogens (primary N) is 1. The number of anilines is 1. The summed E-state index contributed by atoms with van der Waals surface area (Å²) in [5.74, 6) is 0.919. The van der Waals surface area contributed by atoms with E-state index in [-0.39, 0.29) is 0 Å². The first-order chi connectivity index (χ1) is 9.74. The monoisotopic (exact) mass is 343 g/mol. The van der Waals surface area contributed by atoms with Gasteiger partial charge in [-0.2, -0.15) is 0 Å². The van der Waals surface area contributed by atoms with Gasteiger partial charge in [0.05, 0.1) is 0 Å². The second-order valence-electron chi connectivity index (χ2n) is 4.61. The Balaban J connectivity index is 1.89. The molecule has 3 aromatic carbocycles. The Labute approximate surface area is 131 Å². The highest BCUT2D eigenvalue weighted by Gasteiger charge is 2.04. The van der Waals surface area contributed by atoms with Gasteiger partial charge in [-0.05, 0) is 34.5 Å². The van der Waals surface area contributed by atoms with E-state index in [0.717, 1.165) is 20.8 Å². The van der Waals surface area contributed by atoms with Crippen LogP contribution in [0.1, 0.15) is 5.56 Å². The number of nitrogen functional groups attached to an aromatic ring is 1. The van der Waals surface area contributed by atoms with Crippen LogP contribution in [-0.2, 0) is 5.75 Å². The Bertz CT molecular complexity index is 750. The standard InChI is InChI=1S/C17H14BrNS/c18-14-8-9-16(19)17(10-14)20-11-13-6-3-5-12-4-1-2-7-15(12)13/h1-10H,11,19H2. The highest BCUT2D eigenvalue weighted by molar-refractivity contribution is 9.10. The van der Waals surface area contributed by atoms with Crippen molar-refractivity contribution in [3.8, 4) is 0 Å². The van der Waals surface area contributed by atoms with E-state index in [2.05, 4.69) is 64.5 Å². The number of rotatable bonds is 3. The Hall–Kier alpha value is -1.45. The molecule has 0 radical (unpaired) electrons. The zero-order chi connectivity index (χ0) is 13.9. The van der Waals surface area contributed by atoms with Gasteiger partial charge in [0.1, 0.15) is 0 Å². The van der Waals surface area contributed by atoms with Crippen molar-refractivity contribution in [2.24, 2.45) is 0 Å². The molecule has 2 N–H and O–H groups in total. The number of benzene rings is 3. The van der Waals surface area contributed by atoms with E-state index in [0.29, 0.717) is 0 Å². The van der Waals surface area contributed by atoms with Gasteiger partial charge in [0, 0.05) is 20.8 Å². The topological polar surface area (TPSA) is 26.0 Å². The van der Waals surface area contributed by atoms with Crippen LogP contribution < -0.4 is 5.73 Å². The zero-order valence-electron chi connectivity index (χ0n) is 10.8. The Kier molecular flexibility index (Phi) is 3.99. The van der Waals surface area contributed by atoms with Crippen molar-refractivity contribution >= 4 is 44.2 Å². The third-order valence-electron chi connectivity index (χ3n) is 3.24. The molecule has 0 saturated carbocycles. The van der Waals surface area contributed by atoms with Gasteiger partial charge < -0.3 is 5.73 Å². The van der Waals surface area contributed by atoms with Gasteiger partial charge in [-0.3, -0.25) is 0 Å². The first-order valence-corrected chi connectivity index (χ1v) is 8.16. The lowest BCUT2D eigenvalue weighted by atomic mass is 10.1. The molecule has 0 heterocycles. The number of hydrogen-bond acceptors (Lipinski definition) is 2. The predicted molar refractivity (Wildman–Crippen MR) is 92.1 cm³/mol. The molecule has 3 rings (SSSR count). The molecule has 3 heteroatoms. The summed E-state index contributed by atoms with van der Waals surface area (Å²) in [4.78, 5) is 1.12. The average Bonchev–Trinajstić information content (AvgIpc) is 2.48. The number of fused-ring (bicyclic) bond motifs is 1. The van der Waals surface area contributed by atoms with Gasteiger partial charge in [0.15, 0.2) is 0 Å². The summed E-state index contributed by atoms with van der Waals surface area (Å²) in [5, 5.41) is 2.60. The molecule has 20 heavy (non-hydrogen) atoms. The van der Waals surface area contributed by atoms with Crippen molar-refractivity contribution in [2.75, 3.05) is 5.73 Å². The Morgan fingerprint density at radius 3 is 2.65 bits per heavy atom. The molecule has 0 fully saturated rings. The zero-order valence-corrected chi connectivity index (χ0v) is 13.2. The highest BCUT2D eigenvalue weighted by Crippen LogP contribution is 2.32. The Morgan fingerprint density at radius 2 is 1.75 bits per heavy atom. The quantitative estimate of drug-likeness (QED) is 0.503. The lowest BCUT2D eigenvalue weighted by molar-refractivity contribution is 1.40. The first kappa shape index (κ1) is 13.5. The van der Waals surface area contributed by atoms with Crippen LogP contribution in [0, 0.1) is 0 Å². The van der Waals surface area contributed by atoms with E-state index >= 15 is 0 Å². The van der Waals surface area contributed by atoms with Crippen LogP contribution in [0.5, 0.6) is 0 Å². The van der Waals surface area contributed by atoms with E-state index < -0.39 is 0 Å². The van der Waals surface area contributed by atoms with Gasteiger partial charge in [0.25, 0.3) is 0 Å². The first-order valence-electron chi connectivity index (χ1n) is 6.38. The van der Waals surface area contributed by atoms with Crippen molar-refractivity contribution in [3.05, 3.63) is 70.7 Å². The van der Waals surface area contributed by atoms with Crippen molar-refractivity contribution in [2.45, 2.75) is 10.6 Å². The molecule has 0 spiro atoms. The van der Waals surface area contributed by atoms with Gasteiger partial charge in [0.2, 0.25) is 0 Å². The smallest absolute Gasteiger partial charge is 0.0453 e. The summed E-state index contributed by atoms with van der Waals surface area (Å²) in [7, 11) is 0. The van der Waals surface area contributed by atoms with E-state index in [1.165, 1.54) is 16.3 Å². The molecule has 3 aromatic rings. The van der Waals surface area contributed by atoms with Crippen molar-refractivity contribution in [1.82, 2.24) is 0 Å². The summed E-state index contributed by atoms with van der Waals surface area (Å²) >= 11 is 5.27. The molecule has 0 atom stereocenters. The normalized spacial score (nSPS) is 10.8. The largest absolute Gasteiger partial charge is 0.398 e. The van der Waals surface area contributed by atoms with Crippen LogP contribution in [-0.4, -0.2) is 0 Å². The molecule has 0 aliphatic carbocycles. The van der Waals surface area contributed by atoms with Crippen LogP contribution >= 0.6 is 27.7 Å². The minimum atomic E-state index is 0.832. The summed E-state index contributed by atoms with van der Waals surface area (Å²) in [5.41, 5.74) is 8.20. The fourth-order valence-electron chi connectivity index (χ4n) is 2.21.